The van der Waals surface area contributed by atoms with Crippen LogP contribution in [0.5, 0.6) is 0 Å². The van der Waals surface area contributed by atoms with Gasteiger partial charge in [-0.3, -0.25) is 0 Å². The molecule has 0 N–H and O–H groups in total. The molecule has 0 atom stereocenters. The summed E-state index contributed by atoms with van der Waals surface area (Å²) in [7, 11) is -1.90. The molecule has 0 fully saturated rings. The molecule has 18 heavy (non-hydrogen) atoms. The number of nitrogens with zero attached hydrogens (tertiary/aromatic N) is 1. The van der Waals surface area contributed by atoms with E-state index in [1.807, 2.05) is 13.8 Å². The average molecular weight is 312 g/mol. The maximum atomic E-state index is 12.4. The van der Waals surface area contributed by atoms with Crippen molar-refractivity contribution in [3.05, 3.63) is 16.3 Å². The molecule has 0 aliphatic carbocycles. The van der Waals surface area contributed by atoms with Crippen molar-refractivity contribution in [1.82, 2.24) is 4.31 Å². The van der Waals surface area contributed by atoms with E-state index < -0.39 is 10.0 Å². The van der Waals surface area contributed by atoms with Crippen molar-refractivity contribution >= 4 is 33.0 Å². The van der Waals surface area contributed by atoms with Crippen LogP contribution in [0, 0.1) is 0 Å². The van der Waals surface area contributed by atoms with Gasteiger partial charge in [0.2, 0.25) is 10.0 Å². The number of rotatable bonds is 7. The lowest BCUT2D eigenvalue weighted by Gasteiger charge is -2.25. The van der Waals surface area contributed by atoms with Crippen LogP contribution >= 0.6 is 22.9 Å². The second-order valence-corrected chi connectivity index (χ2v) is 7.24. The molecule has 1 heterocycles. The molecule has 0 amide bonds. The van der Waals surface area contributed by atoms with Crippen molar-refractivity contribution in [3.8, 4) is 0 Å². The maximum absolute atomic E-state index is 12.4. The first-order valence-corrected chi connectivity index (χ1v) is 8.43. The summed E-state index contributed by atoms with van der Waals surface area (Å²) in [6.45, 7) is 4.43. The Morgan fingerprint density at radius 1 is 1.50 bits per heavy atom. The third-order valence-corrected chi connectivity index (χ3v) is 6.05. The van der Waals surface area contributed by atoms with E-state index in [9.17, 15) is 8.42 Å². The van der Waals surface area contributed by atoms with Gasteiger partial charge in [-0.15, -0.1) is 22.9 Å². The number of methoxy groups -OCH3 is 1. The molecule has 0 radical (unpaired) electrons. The third-order valence-electron chi connectivity index (χ3n) is 2.46. The minimum absolute atomic E-state index is 0.107. The molecule has 7 heteroatoms. The highest BCUT2D eigenvalue weighted by molar-refractivity contribution is 7.89. The largest absolute Gasteiger partial charge is 0.383 e. The number of thiophene rings is 1. The fourth-order valence-electron chi connectivity index (χ4n) is 1.54. The smallest absolute Gasteiger partial charge is 0.244 e. The Morgan fingerprint density at radius 2 is 2.17 bits per heavy atom. The maximum Gasteiger partial charge on any atom is 0.244 e. The van der Waals surface area contributed by atoms with E-state index in [4.69, 9.17) is 16.3 Å². The van der Waals surface area contributed by atoms with Gasteiger partial charge in [-0.1, -0.05) is 0 Å². The van der Waals surface area contributed by atoms with Crippen LogP contribution in [0.2, 0.25) is 0 Å². The first-order valence-electron chi connectivity index (χ1n) is 5.57. The molecular weight excluding hydrogens is 294 g/mol. The lowest BCUT2D eigenvalue weighted by atomic mass is 10.4. The van der Waals surface area contributed by atoms with Crippen LogP contribution in [0.1, 0.15) is 18.7 Å². The van der Waals surface area contributed by atoms with Gasteiger partial charge in [0.05, 0.1) is 17.4 Å². The van der Waals surface area contributed by atoms with E-state index in [1.54, 1.807) is 18.6 Å². The molecule has 0 saturated carbocycles. The standard InChI is InChI=1S/C11H18ClNO3S2/c1-9(2)13(4-5-16-3)18(14,15)11-6-10(7-12)17-8-11/h6,8-9H,4-5,7H2,1-3H3. The summed E-state index contributed by atoms with van der Waals surface area (Å²) in [4.78, 5) is 1.17. The zero-order valence-corrected chi connectivity index (χ0v) is 13.1. The van der Waals surface area contributed by atoms with Gasteiger partial charge in [-0.05, 0) is 19.9 Å². The Morgan fingerprint density at radius 3 is 2.61 bits per heavy atom. The first kappa shape index (κ1) is 15.9. The van der Waals surface area contributed by atoms with Crippen LogP contribution in [0.3, 0.4) is 0 Å². The molecule has 0 aliphatic rings. The summed E-state index contributed by atoms with van der Waals surface area (Å²) in [5.41, 5.74) is 0. The van der Waals surface area contributed by atoms with E-state index in [-0.39, 0.29) is 6.04 Å². The summed E-state index contributed by atoms with van der Waals surface area (Å²) in [5.74, 6) is 0.333. The Hall–Kier alpha value is -0.140. The first-order chi connectivity index (χ1) is 8.43. The zero-order valence-electron chi connectivity index (χ0n) is 10.7. The van der Waals surface area contributed by atoms with Crippen molar-refractivity contribution in [2.75, 3.05) is 20.3 Å². The van der Waals surface area contributed by atoms with E-state index in [0.717, 1.165) is 4.88 Å². The highest BCUT2D eigenvalue weighted by atomic mass is 35.5. The summed E-state index contributed by atoms with van der Waals surface area (Å²) in [5, 5.41) is 1.63. The molecule has 0 unspecified atom stereocenters. The van der Waals surface area contributed by atoms with Crippen LogP contribution < -0.4 is 0 Å². The quantitative estimate of drug-likeness (QED) is 0.727. The van der Waals surface area contributed by atoms with Crippen LogP contribution in [0.4, 0.5) is 0 Å². The molecule has 4 nitrogen and oxygen atoms in total. The molecule has 0 bridgehead atoms. The number of alkyl halides is 1. The Labute approximate surface area is 118 Å². The van der Waals surface area contributed by atoms with Gasteiger partial charge in [0, 0.05) is 30.0 Å². The number of halogens is 1. The highest BCUT2D eigenvalue weighted by Crippen LogP contribution is 2.24. The fraction of sp³-hybridized carbons (Fsp3) is 0.636. The summed E-state index contributed by atoms with van der Waals surface area (Å²) in [6.07, 6.45) is 0. The normalized spacial score (nSPS) is 12.6. The van der Waals surface area contributed by atoms with Crippen molar-refractivity contribution in [2.24, 2.45) is 0 Å². The van der Waals surface area contributed by atoms with Crippen molar-refractivity contribution < 1.29 is 13.2 Å². The van der Waals surface area contributed by atoms with Gasteiger partial charge in [0.25, 0.3) is 0 Å². The van der Waals surface area contributed by atoms with E-state index >= 15 is 0 Å². The number of sulfonamides is 1. The van der Waals surface area contributed by atoms with E-state index in [0.29, 0.717) is 23.9 Å². The van der Waals surface area contributed by atoms with E-state index in [2.05, 4.69) is 0 Å². The molecule has 0 aliphatic heterocycles. The van der Waals surface area contributed by atoms with Crippen molar-refractivity contribution in [2.45, 2.75) is 30.7 Å². The van der Waals surface area contributed by atoms with Crippen molar-refractivity contribution in [3.63, 3.8) is 0 Å². The molecule has 0 aromatic carbocycles. The second kappa shape index (κ2) is 6.86. The summed E-state index contributed by atoms with van der Waals surface area (Å²) >= 11 is 7.06. The summed E-state index contributed by atoms with van der Waals surface area (Å²) < 4.78 is 31.3. The lowest BCUT2D eigenvalue weighted by molar-refractivity contribution is 0.171. The molecule has 0 saturated heterocycles. The third kappa shape index (κ3) is 3.68. The molecule has 0 spiro atoms. The predicted octanol–water partition coefficient (Wildman–Crippen LogP) is 2.53. The molecule has 104 valence electrons. The minimum atomic E-state index is -3.46. The monoisotopic (exact) mass is 311 g/mol. The zero-order chi connectivity index (χ0) is 13.8. The van der Waals surface area contributed by atoms with Gasteiger partial charge in [-0.2, -0.15) is 4.31 Å². The number of hydrogen-bond acceptors (Lipinski definition) is 4. The Bertz CT molecular complexity index is 470. The fourth-order valence-corrected chi connectivity index (χ4v) is 4.54. The lowest BCUT2D eigenvalue weighted by Crippen LogP contribution is -2.39. The Balaban J connectivity index is 3.00. The summed E-state index contributed by atoms with van der Waals surface area (Å²) in [6, 6.07) is 1.53. The van der Waals surface area contributed by atoms with Gasteiger partial charge in [0.1, 0.15) is 0 Å². The van der Waals surface area contributed by atoms with Crippen LogP contribution in [0.25, 0.3) is 0 Å². The predicted molar refractivity (Wildman–Crippen MR) is 74.8 cm³/mol. The minimum Gasteiger partial charge on any atom is -0.383 e. The highest BCUT2D eigenvalue weighted by Gasteiger charge is 2.27. The average Bonchev–Trinajstić information content (AvgIpc) is 2.77. The second-order valence-electron chi connectivity index (χ2n) is 4.08. The van der Waals surface area contributed by atoms with Crippen LogP contribution in [-0.2, 0) is 20.6 Å². The van der Waals surface area contributed by atoms with Crippen LogP contribution in [0.15, 0.2) is 16.3 Å². The topological polar surface area (TPSA) is 46.6 Å². The number of ether oxygens (including phenoxy) is 1. The van der Waals surface area contributed by atoms with Gasteiger partial charge < -0.3 is 4.74 Å². The van der Waals surface area contributed by atoms with Crippen LogP contribution in [-0.4, -0.2) is 39.0 Å². The Kier molecular flexibility index (Phi) is 6.07. The molecule has 1 aromatic rings. The van der Waals surface area contributed by atoms with Crippen molar-refractivity contribution in [1.29, 1.82) is 0 Å². The molecule has 1 aromatic heterocycles. The van der Waals surface area contributed by atoms with Gasteiger partial charge >= 0.3 is 0 Å². The van der Waals surface area contributed by atoms with Gasteiger partial charge in [0.15, 0.2) is 0 Å². The number of hydrogen-bond donors (Lipinski definition) is 0. The van der Waals surface area contributed by atoms with E-state index in [1.165, 1.54) is 15.6 Å². The SMILES string of the molecule is COCCN(C(C)C)S(=O)(=O)c1csc(CCl)c1. The van der Waals surface area contributed by atoms with Gasteiger partial charge in [-0.25, -0.2) is 8.42 Å². The molecular formula is C11H18ClNO3S2. The molecule has 1 rings (SSSR count).